The summed E-state index contributed by atoms with van der Waals surface area (Å²) in [5, 5.41) is 0. The van der Waals surface area contributed by atoms with Gasteiger partial charge in [-0.15, -0.1) is 0 Å². The predicted octanol–water partition coefficient (Wildman–Crippen LogP) is 2.94. The van der Waals surface area contributed by atoms with Gasteiger partial charge in [0.15, 0.2) is 0 Å². The largest absolute Gasteiger partial charge is 0.335 e. The van der Waals surface area contributed by atoms with Crippen molar-refractivity contribution >= 4 is 15.9 Å². The average molecular weight is 341 g/mol. The van der Waals surface area contributed by atoms with Gasteiger partial charge in [0.1, 0.15) is 11.6 Å². The summed E-state index contributed by atoms with van der Waals surface area (Å²) < 4.78 is 16.8. The minimum atomic E-state index is -0.305. The van der Waals surface area contributed by atoms with Gasteiger partial charge < -0.3 is 4.57 Å². The van der Waals surface area contributed by atoms with E-state index in [2.05, 4.69) is 37.8 Å². The van der Waals surface area contributed by atoms with Gasteiger partial charge in [-0.05, 0) is 18.6 Å². The standard InChI is InChI=1S/C14H18BrFN4/c1-2-6-20-7-5-18-14(20)9-13(19-17)11-4-3-10(15)8-12(11)16/h3-5,7-8,13,19H,2,6,9,17H2,1H3. The molecule has 1 atom stereocenters. The van der Waals surface area contributed by atoms with Crippen LogP contribution in [0.3, 0.4) is 0 Å². The zero-order chi connectivity index (χ0) is 14.5. The molecule has 0 bridgehead atoms. The third-order valence-corrected chi connectivity index (χ3v) is 3.69. The first-order chi connectivity index (χ1) is 9.65. The molecule has 0 saturated heterocycles. The van der Waals surface area contributed by atoms with E-state index in [9.17, 15) is 4.39 Å². The molecule has 108 valence electrons. The Morgan fingerprint density at radius 2 is 2.30 bits per heavy atom. The summed E-state index contributed by atoms with van der Waals surface area (Å²) in [6.45, 7) is 3.01. The normalized spacial score (nSPS) is 12.6. The Bertz CT molecular complexity index is 570. The third kappa shape index (κ3) is 3.45. The van der Waals surface area contributed by atoms with Crippen LogP contribution in [-0.2, 0) is 13.0 Å². The zero-order valence-corrected chi connectivity index (χ0v) is 12.9. The van der Waals surface area contributed by atoms with Gasteiger partial charge in [-0.3, -0.25) is 11.3 Å². The van der Waals surface area contributed by atoms with E-state index in [1.165, 1.54) is 6.07 Å². The minimum absolute atomic E-state index is 0.282. The van der Waals surface area contributed by atoms with Crippen molar-refractivity contribution in [1.29, 1.82) is 0 Å². The van der Waals surface area contributed by atoms with Crippen molar-refractivity contribution in [1.82, 2.24) is 15.0 Å². The second kappa shape index (κ2) is 6.97. The Labute approximate surface area is 126 Å². The van der Waals surface area contributed by atoms with Crippen LogP contribution in [0.1, 0.15) is 30.8 Å². The van der Waals surface area contributed by atoms with E-state index in [1.54, 1.807) is 18.3 Å². The molecule has 1 aromatic carbocycles. The fraction of sp³-hybridized carbons (Fsp3) is 0.357. The Morgan fingerprint density at radius 3 is 2.95 bits per heavy atom. The summed E-state index contributed by atoms with van der Waals surface area (Å²) in [6, 6.07) is 4.68. The number of aryl methyl sites for hydroxylation is 1. The Hall–Kier alpha value is -1.24. The van der Waals surface area contributed by atoms with Gasteiger partial charge in [-0.1, -0.05) is 28.9 Å². The van der Waals surface area contributed by atoms with E-state index in [0.717, 1.165) is 18.8 Å². The minimum Gasteiger partial charge on any atom is -0.335 e. The summed E-state index contributed by atoms with van der Waals surface area (Å²) in [4.78, 5) is 4.33. The lowest BCUT2D eigenvalue weighted by atomic mass is 10.0. The third-order valence-electron chi connectivity index (χ3n) is 3.19. The lowest BCUT2D eigenvalue weighted by molar-refractivity contribution is 0.489. The Morgan fingerprint density at radius 1 is 1.50 bits per heavy atom. The molecular formula is C14H18BrFN4. The second-order valence-corrected chi connectivity index (χ2v) is 5.54. The van der Waals surface area contributed by atoms with Gasteiger partial charge in [-0.25, -0.2) is 9.37 Å². The number of aromatic nitrogens is 2. The van der Waals surface area contributed by atoms with Crippen molar-refractivity contribution in [3.63, 3.8) is 0 Å². The van der Waals surface area contributed by atoms with Crippen LogP contribution in [0.2, 0.25) is 0 Å². The van der Waals surface area contributed by atoms with Crippen LogP contribution in [0.15, 0.2) is 35.1 Å². The zero-order valence-electron chi connectivity index (χ0n) is 11.3. The molecule has 0 aliphatic carbocycles. The van der Waals surface area contributed by atoms with Gasteiger partial charge in [-0.2, -0.15) is 0 Å². The first-order valence-electron chi connectivity index (χ1n) is 6.56. The van der Waals surface area contributed by atoms with Gasteiger partial charge in [0.2, 0.25) is 0 Å². The van der Waals surface area contributed by atoms with Crippen molar-refractivity contribution in [2.45, 2.75) is 32.4 Å². The molecule has 6 heteroatoms. The molecular weight excluding hydrogens is 323 g/mol. The molecule has 0 amide bonds. The molecule has 0 radical (unpaired) electrons. The first kappa shape index (κ1) is 15.2. The second-order valence-electron chi connectivity index (χ2n) is 4.63. The van der Waals surface area contributed by atoms with Gasteiger partial charge in [0.25, 0.3) is 0 Å². The fourth-order valence-electron chi connectivity index (χ4n) is 2.20. The monoisotopic (exact) mass is 340 g/mol. The Kier molecular flexibility index (Phi) is 5.28. The number of nitrogens with zero attached hydrogens (tertiary/aromatic N) is 2. The van der Waals surface area contributed by atoms with Crippen LogP contribution in [0.5, 0.6) is 0 Å². The van der Waals surface area contributed by atoms with Crippen LogP contribution in [0.4, 0.5) is 4.39 Å². The van der Waals surface area contributed by atoms with E-state index in [4.69, 9.17) is 5.84 Å². The maximum atomic E-state index is 14.0. The summed E-state index contributed by atoms with van der Waals surface area (Å²) in [5.74, 6) is 6.21. The van der Waals surface area contributed by atoms with E-state index in [1.807, 2.05) is 6.20 Å². The van der Waals surface area contributed by atoms with Gasteiger partial charge in [0, 0.05) is 35.4 Å². The van der Waals surface area contributed by atoms with Gasteiger partial charge in [0.05, 0.1) is 6.04 Å². The maximum absolute atomic E-state index is 14.0. The quantitative estimate of drug-likeness (QED) is 0.627. The smallest absolute Gasteiger partial charge is 0.129 e. The molecule has 1 aromatic heterocycles. The van der Waals surface area contributed by atoms with Crippen molar-refractivity contribution in [3.05, 3.63) is 52.3 Å². The lowest BCUT2D eigenvalue weighted by Gasteiger charge is -2.17. The molecule has 0 saturated carbocycles. The number of benzene rings is 1. The highest BCUT2D eigenvalue weighted by atomic mass is 79.9. The van der Waals surface area contributed by atoms with Crippen molar-refractivity contribution < 1.29 is 4.39 Å². The summed E-state index contributed by atoms with van der Waals surface area (Å²) in [6.07, 6.45) is 5.26. The molecule has 2 aromatic rings. The molecule has 0 aliphatic heterocycles. The average Bonchev–Trinajstić information content (AvgIpc) is 2.84. The SMILES string of the molecule is CCCn1ccnc1CC(NN)c1ccc(Br)cc1F. The number of rotatable bonds is 6. The molecule has 1 unspecified atom stereocenters. The summed E-state index contributed by atoms with van der Waals surface area (Å²) in [7, 11) is 0. The molecule has 1 heterocycles. The van der Waals surface area contributed by atoms with E-state index < -0.39 is 0 Å². The van der Waals surface area contributed by atoms with Crippen LogP contribution >= 0.6 is 15.9 Å². The number of hydrogen-bond acceptors (Lipinski definition) is 3. The maximum Gasteiger partial charge on any atom is 0.129 e. The van der Waals surface area contributed by atoms with Crippen molar-refractivity contribution in [3.8, 4) is 0 Å². The van der Waals surface area contributed by atoms with E-state index in [0.29, 0.717) is 16.5 Å². The topological polar surface area (TPSA) is 55.9 Å². The molecule has 0 aliphatic rings. The molecule has 0 spiro atoms. The highest BCUT2D eigenvalue weighted by molar-refractivity contribution is 9.10. The van der Waals surface area contributed by atoms with E-state index >= 15 is 0 Å². The fourth-order valence-corrected chi connectivity index (χ4v) is 2.53. The summed E-state index contributed by atoms with van der Waals surface area (Å²) in [5.41, 5.74) is 3.22. The highest BCUT2D eigenvalue weighted by Gasteiger charge is 2.17. The lowest BCUT2D eigenvalue weighted by Crippen LogP contribution is -2.31. The number of hydrazine groups is 1. The molecule has 20 heavy (non-hydrogen) atoms. The number of hydrogen-bond donors (Lipinski definition) is 2. The molecule has 3 N–H and O–H groups in total. The van der Waals surface area contributed by atoms with Crippen LogP contribution in [0.25, 0.3) is 0 Å². The molecule has 0 fully saturated rings. The summed E-state index contributed by atoms with van der Waals surface area (Å²) >= 11 is 3.25. The highest BCUT2D eigenvalue weighted by Crippen LogP contribution is 2.23. The number of imidazole rings is 1. The molecule has 2 rings (SSSR count). The van der Waals surface area contributed by atoms with Crippen molar-refractivity contribution in [2.75, 3.05) is 0 Å². The predicted molar refractivity (Wildman–Crippen MR) is 80.4 cm³/mol. The first-order valence-corrected chi connectivity index (χ1v) is 7.36. The number of halogens is 2. The number of nitrogens with two attached hydrogens (primary N) is 1. The number of nitrogens with one attached hydrogen (secondary N) is 1. The Balaban J connectivity index is 2.22. The van der Waals surface area contributed by atoms with Crippen LogP contribution in [-0.4, -0.2) is 9.55 Å². The van der Waals surface area contributed by atoms with Gasteiger partial charge >= 0.3 is 0 Å². The van der Waals surface area contributed by atoms with Crippen molar-refractivity contribution in [2.24, 2.45) is 5.84 Å². The van der Waals surface area contributed by atoms with E-state index in [-0.39, 0.29) is 11.9 Å². The van der Waals surface area contributed by atoms with Crippen LogP contribution < -0.4 is 11.3 Å². The molecule has 4 nitrogen and oxygen atoms in total. The van der Waals surface area contributed by atoms with Crippen LogP contribution in [0, 0.1) is 5.82 Å².